The molecule has 0 fully saturated rings. The Morgan fingerprint density at radius 2 is 1.62 bits per heavy atom. The van der Waals surface area contributed by atoms with E-state index in [4.69, 9.17) is 0 Å². The SMILES string of the molecule is CC[C@H](C)NS(=O)(=O)c1ccc(C(=O)Nc2ccc(C)cc2)cc1. The van der Waals surface area contributed by atoms with Crippen LogP contribution >= 0.6 is 0 Å². The summed E-state index contributed by atoms with van der Waals surface area (Å²) in [4.78, 5) is 12.4. The summed E-state index contributed by atoms with van der Waals surface area (Å²) in [5.74, 6) is -0.280. The number of amides is 1. The van der Waals surface area contributed by atoms with Gasteiger partial charge in [0, 0.05) is 17.3 Å². The van der Waals surface area contributed by atoms with Gasteiger partial charge in [-0.25, -0.2) is 13.1 Å². The Morgan fingerprint density at radius 1 is 1.04 bits per heavy atom. The molecule has 24 heavy (non-hydrogen) atoms. The van der Waals surface area contributed by atoms with E-state index in [9.17, 15) is 13.2 Å². The fraction of sp³-hybridized carbons (Fsp3) is 0.278. The molecule has 0 heterocycles. The van der Waals surface area contributed by atoms with Crippen LogP contribution < -0.4 is 10.0 Å². The van der Waals surface area contributed by atoms with Gasteiger partial charge in [-0.1, -0.05) is 24.6 Å². The number of anilines is 1. The number of nitrogens with one attached hydrogen (secondary N) is 2. The van der Waals surface area contributed by atoms with Crippen LogP contribution in [-0.4, -0.2) is 20.4 Å². The summed E-state index contributed by atoms with van der Waals surface area (Å²) in [5, 5.41) is 2.78. The summed E-state index contributed by atoms with van der Waals surface area (Å²) in [7, 11) is -3.56. The van der Waals surface area contributed by atoms with Gasteiger partial charge in [0.2, 0.25) is 10.0 Å². The highest BCUT2D eigenvalue weighted by atomic mass is 32.2. The molecule has 1 atom stereocenters. The Bertz CT molecular complexity index is 797. The molecule has 2 aromatic carbocycles. The number of sulfonamides is 1. The first-order valence-corrected chi connectivity index (χ1v) is 9.30. The van der Waals surface area contributed by atoms with Crippen LogP contribution in [0, 0.1) is 6.92 Å². The zero-order valence-corrected chi connectivity index (χ0v) is 14.9. The van der Waals surface area contributed by atoms with Crippen LogP contribution in [0.3, 0.4) is 0 Å². The monoisotopic (exact) mass is 346 g/mol. The molecular formula is C18H22N2O3S. The second-order valence-corrected chi connectivity index (χ2v) is 7.49. The average Bonchev–Trinajstić information content (AvgIpc) is 2.56. The Morgan fingerprint density at radius 3 is 2.17 bits per heavy atom. The van der Waals surface area contributed by atoms with Crippen molar-refractivity contribution in [2.24, 2.45) is 0 Å². The number of aryl methyl sites for hydroxylation is 1. The van der Waals surface area contributed by atoms with Crippen molar-refractivity contribution in [1.82, 2.24) is 4.72 Å². The topological polar surface area (TPSA) is 75.3 Å². The molecule has 5 nitrogen and oxygen atoms in total. The molecule has 0 saturated heterocycles. The van der Waals surface area contributed by atoms with Crippen molar-refractivity contribution in [1.29, 1.82) is 0 Å². The summed E-state index contributed by atoms with van der Waals surface area (Å²) in [6.45, 7) is 5.69. The van der Waals surface area contributed by atoms with Crippen molar-refractivity contribution in [2.45, 2.75) is 38.1 Å². The third-order valence-electron chi connectivity index (χ3n) is 3.70. The van der Waals surface area contributed by atoms with Gasteiger partial charge >= 0.3 is 0 Å². The predicted octanol–water partition coefficient (Wildman–Crippen LogP) is 3.32. The maximum atomic E-state index is 12.2. The largest absolute Gasteiger partial charge is 0.322 e. The molecule has 6 heteroatoms. The summed E-state index contributed by atoms with van der Waals surface area (Å²) < 4.78 is 27.0. The van der Waals surface area contributed by atoms with Crippen molar-refractivity contribution < 1.29 is 13.2 Å². The van der Waals surface area contributed by atoms with Crippen LogP contribution in [0.15, 0.2) is 53.4 Å². The van der Waals surface area contributed by atoms with E-state index in [1.54, 1.807) is 6.92 Å². The zero-order valence-electron chi connectivity index (χ0n) is 14.0. The molecule has 0 aromatic heterocycles. The molecule has 128 valence electrons. The minimum Gasteiger partial charge on any atom is -0.322 e. The number of carbonyl (C=O) groups is 1. The Kier molecular flexibility index (Phi) is 5.75. The smallest absolute Gasteiger partial charge is 0.255 e. The fourth-order valence-corrected chi connectivity index (χ4v) is 3.37. The molecular weight excluding hydrogens is 324 g/mol. The van der Waals surface area contributed by atoms with Crippen molar-refractivity contribution >= 4 is 21.6 Å². The van der Waals surface area contributed by atoms with E-state index in [0.717, 1.165) is 5.56 Å². The van der Waals surface area contributed by atoms with E-state index in [1.807, 2.05) is 38.1 Å². The van der Waals surface area contributed by atoms with Crippen LogP contribution in [0.25, 0.3) is 0 Å². The van der Waals surface area contributed by atoms with Crippen LogP contribution in [-0.2, 0) is 10.0 Å². The average molecular weight is 346 g/mol. The van der Waals surface area contributed by atoms with E-state index in [2.05, 4.69) is 10.0 Å². The summed E-state index contributed by atoms with van der Waals surface area (Å²) in [6, 6.07) is 13.2. The van der Waals surface area contributed by atoms with Crippen molar-refractivity contribution in [3.8, 4) is 0 Å². The summed E-state index contributed by atoms with van der Waals surface area (Å²) >= 11 is 0. The zero-order chi connectivity index (χ0) is 17.7. The van der Waals surface area contributed by atoms with Crippen molar-refractivity contribution in [2.75, 3.05) is 5.32 Å². The molecule has 2 N–H and O–H groups in total. The van der Waals surface area contributed by atoms with E-state index < -0.39 is 10.0 Å². The van der Waals surface area contributed by atoms with Gasteiger partial charge in [-0.15, -0.1) is 0 Å². The van der Waals surface area contributed by atoms with Gasteiger partial charge in [0.1, 0.15) is 0 Å². The molecule has 0 bridgehead atoms. The molecule has 0 aliphatic heterocycles. The molecule has 0 saturated carbocycles. The number of hydrogen-bond acceptors (Lipinski definition) is 3. The molecule has 0 unspecified atom stereocenters. The predicted molar refractivity (Wildman–Crippen MR) is 95.6 cm³/mol. The molecule has 2 rings (SSSR count). The third-order valence-corrected chi connectivity index (χ3v) is 5.31. The minimum absolute atomic E-state index is 0.139. The van der Waals surface area contributed by atoms with Crippen molar-refractivity contribution in [3.05, 3.63) is 59.7 Å². The first-order valence-electron chi connectivity index (χ1n) is 7.82. The van der Waals surface area contributed by atoms with Gasteiger partial charge in [0.25, 0.3) is 5.91 Å². The van der Waals surface area contributed by atoms with Gasteiger partial charge in [0.15, 0.2) is 0 Å². The summed E-state index contributed by atoms with van der Waals surface area (Å²) in [5.41, 5.74) is 2.20. The second-order valence-electron chi connectivity index (χ2n) is 5.78. The first kappa shape index (κ1) is 18.2. The van der Waals surface area contributed by atoms with Crippen molar-refractivity contribution in [3.63, 3.8) is 0 Å². The maximum absolute atomic E-state index is 12.2. The fourth-order valence-electron chi connectivity index (χ4n) is 2.04. The standard InChI is InChI=1S/C18H22N2O3S/c1-4-14(3)20-24(22,23)17-11-7-15(8-12-17)18(21)19-16-9-5-13(2)6-10-16/h5-12,14,20H,4H2,1-3H3,(H,19,21)/t14-/m0/s1. The summed E-state index contributed by atoms with van der Waals surface area (Å²) in [6.07, 6.45) is 0.705. The van der Waals surface area contributed by atoms with Crippen LogP contribution in [0.4, 0.5) is 5.69 Å². The number of carbonyl (C=O) groups excluding carboxylic acids is 1. The van der Waals surface area contributed by atoms with Crippen LogP contribution in [0.1, 0.15) is 36.2 Å². The highest BCUT2D eigenvalue weighted by Gasteiger charge is 2.17. The Hall–Kier alpha value is -2.18. The van der Waals surface area contributed by atoms with Gasteiger partial charge in [-0.05, 0) is 56.7 Å². The lowest BCUT2D eigenvalue weighted by Crippen LogP contribution is -2.32. The Labute approximate surface area is 143 Å². The van der Waals surface area contributed by atoms with Crippen LogP contribution in [0.5, 0.6) is 0 Å². The maximum Gasteiger partial charge on any atom is 0.255 e. The van der Waals surface area contributed by atoms with Gasteiger partial charge in [0.05, 0.1) is 4.90 Å². The second kappa shape index (κ2) is 7.59. The molecule has 0 aliphatic carbocycles. The number of hydrogen-bond donors (Lipinski definition) is 2. The lowest BCUT2D eigenvalue weighted by atomic mass is 10.2. The normalized spacial score (nSPS) is 12.6. The van der Waals surface area contributed by atoms with Gasteiger partial charge < -0.3 is 5.32 Å². The first-order chi connectivity index (χ1) is 11.3. The van der Waals surface area contributed by atoms with E-state index >= 15 is 0 Å². The van der Waals surface area contributed by atoms with Gasteiger partial charge in [-0.3, -0.25) is 4.79 Å². The quantitative estimate of drug-likeness (QED) is 0.842. The van der Waals surface area contributed by atoms with Crippen LogP contribution in [0.2, 0.25) is 0 Å². The lowest BCUT2D eigenvalue weighted by molar-refractivity contribution is 0.102. The molecule has 0 radical (unpaired) electrons. The lowest BCUT2D eigenvalue weighted by Gasteiger charge is -2.12. The van der Waals surface area contributed by atoms with Gasteiger partial charge in [-0.2, -0.15) is 0 Å². The molecule has 2 aromatic rings. The molecule has 1 amide bonds. The highest BCUT2D eigenvalue weighted by molar-refractivity contribution is 7.89. The van der Waals surface area contributed by atoms with E-state index in [0.29, 0.717) is 17.7 Å². The van der Waals surface area contributed by atoms with E-state index in [-0.39, 0.29) is 16.8 Å². The Balaban J connectivity index is 2.11. The van der Waals surface area contributed by atoms with E-state index in [1.165, 1.54) is 24.3 Å². The molecule has 0 aliphatic rings. The highest BCUT2D eigenvalue weighted by Crippen LogP contribution is 2.14. The number of benzene rings is 2. The third kappa shape index (κ3) is 4.66. The number of rotatable bonds is 6. The minimum atomic E-state index is -3.56. The molecule has 0 spiro atoms.